The molecule has 0 radical (unpaired) electrons. The van der Waals surface area contributed by atoms with Gasteiger partial charge in [0.15, 0.2) is 0 Å². The van der Waals surface area contributed by atoms with E-state index in [0.717, 1.165) is 6.42 Å². The quantitative estimate of drug-likeness (QED) is 0.493. The van der Waals surface area contributed by atoms with Gasteiger partial charge in [0.25, 0.3) is 0 Å². The molecule has 2 aromatic rings. The first-order chi connectivity index (χ1) is 12.6. The molecule has 0 aliphatic heterocycles. The van der Waals surface area contributed by atoms with Crippen molar-refractivity contribution in [2.24, 2.45) is 0 Å². The van der Waals surface area contributed by atoms with Gasteiger partial charge in [0.2, 0.25) is 0 Å². The predicted octanol–water partition coefficient (Wildman–Crippen LogP) is -0.0377. The molecule has 3 heteroatoms. The van der Waals surface area contributed by atoms with Crippen LogP contribution in [0.1, 0.15) is 55.4 Å². The van der Waals surface area contributed by atoms with Gasteiger partial charge in [0.05, 0.1) is 0 Å². The van der Waals surface area contributed by atoms with Crippen LogP contribution in [0, 0.1) is 13.8 Å². The fraction of sp³-hybridized carbons (Fsp3) is 0.320. The molecule has 0 N–H and O–H groups in total. The molecule has 2 aromatic carbocycles. The summed E-state index contributed by atoms with van der Waals surface area (Å²) in [5.41, 5.74) is 8.95. The maximum absolute atomic E-state index is 2.54. The van der Waals surface area contributed by atoms with E-state index < -0.39 is 17.4 Å². The van der Waals surface area contributed by atoms with E-state index in [1.807, 2.05) is 3.81 Å². The van der Waals surface area contributed by atoms with Crippen molar-refractivity contribution in [2.75, 3.05) is 0 Å². The Morgan fingerprint density at radius 2 is 1.64 bits per heavy atom. The summed E-state index contributed by atoms with van der Waals surface area (Å²) in [6.45, 7) is 9.22. The number of halogens is 2. The van der Waals surface area contributed by atoms with E-state index in [2.05, 4.69) is 76.3 Å². The fourth-order valence-corrected chi connectivity index (χ4v) is 9.84. The molecule has 0 saturated heterocycles. The number of fused-ring (bicyclic) bond motifs is 3. The van der Waals surface area contributed by atoms with Crippen molar-refractivity contribution in [3.05, 3.63) is 74.7 Å². The third-order valence-corrected chi connectivity index (χ3v) is 11.2. The van der Waals surface area contributed by atoms with Gasteiger partial charge < -0.3 is 24.8 Å². The SMILES string of the molecule is CC[C](CC)=[Ti+2]([C]1=CC=CC1)[c]1cc(C)cc2c1Cc1ccc(C)cc1-2.[Cl-].[Cl-]. The van der Waals surface area contributed by atoms with Crippen LogP contribution in [0.25, 0.3) is 11.1 Å². The Kier molecular flexibility index (Phi) is 8.11. The average Bonchev–Trinajstić information content (AvgIpc) is 3.27. The summed E-state index contributed by atoms with van der Waals surface area (Å²) in [4.78, 5) is 0. The number of hydrogen-bond acceptors (Lipinski definition) is 0. The fourth-order valence-electron chi connectivity index (χ4n) is 4.58. The summed E-state index contributed by atoms with van der Waals surface area (Å²) in [7, 11) is 0. The number of hydrogen-bond donors (Lipinski definition) is 0. The zero-order valence-corrected chi connectivity index (χ0v) is 20.3. The molecular formula is C25H28Cl2Ti. The van der Waals surface area contributed by atoms with Gasteiger partial charge >= 0.3 is 164 Å². The molecule has 0 unspecified atom stereocenters. The van der Waals surface area contributed by atoms with E-state index in [1.165, 1.54) is 47.1 Å². The molecule has 0 bridgehead atoms. The molecule has 0 aromatic heterocycles. The molecule has 2 aliphatic rings. The van der Waals surface area contributed by atoms with Crippen LogP contribution in [-0.4, -0.2) is 3.81 Å². The smallest absolute Gasteiger partial charge is 1.00 e. The van der Waals surface area contributed by atoms with Crippen molar-refractivity contribution in [3.63, 3.8) is 0 Å². The Bertz CT molecular complexity index is 974. The molecule has 146 valence electrons. The average molecular weight is 447 g/mol. The summed E-state index contributed by atoms with van der Waals surface area (Å²) in [6.07, 6.45) is 11.8. The summed E-state index contributed by atoms with van der Waals surface area (Å²) in [5.74, 6) is 0. The molecule has 0 saturated carbocycles. The minimum Gasteiger partial charge on any atom is -1.00 e. The van der Waals surface area contributed by atoms with E-state index in [1.54, 1.807) is 13.3 Å². The van der Waals surface area contributed by atoms with Gasteiger partial charge in [-0.2, -0.15) is 0 Å². The van der Waals surface area contributed by atoms with Crippen molar-refractivity contribution in [1.29, 1.82) is 0 Å². The van der Waals surface area contributed by atoms with Crippen molar-refractivity contribution >= 4 is 7.68 Å². The van der Waals surface area contributed by atoms with Crippen LogP contribution in [0.2, 0.25) is 0 Å². The van der Waals surface area contributed by atoms with Crippen molar-refractivity contribution in [3.8, 4) is 11.1 Å². The number of allylic oxidation sites excluding steroid dienone is 4. The summed E-state index contributed by atoms with van der Waals surface area (Å²) >= 11 is -1.61. The number of aryl methyl sites for hydroxylation is 2. The molecule has 0 atom stereocenters. The molecule has 0 spiro atoms. The second-order valence-corrected chi connectivity index (χ2v) is 11.8. The van der Waals surface area contributed by atoms with Gasteiger partial charge in [-0.1, -0.05) is 0 Å². The topological polar surface area (TPSA) is 0 Å². The molecule has 0 fully saturated rings. The van der Waals surface area contributed by atoms with Crippen LogP contribution in [0.15, 0.2) is 52.4 Å². The first-order valence-corrected chi connectivity index (χ1v) is 12.3. The second-order valence-electron chi connectivity index (χ2n) is 7.69. The van der Waals surface area contributed by atoms with Crippen LogP contribution in [0.3, 0.4) is 0 Å². The standard InChI is InChI=1S/C15H13.C5H5.C5H10.2ClH.Ti/c1-10-3-5-12-9-13-6-4-11(2)8-15(13)14(12)7-10;1-2-4-5-3-1;1-3-5-4-2;;;/h3-5,7-8H,9H2,1-2H3;1-3H,4H2;3-4H2,1-2H3;2*1H;/q;;;;;+2/p-2. The van der Waals surface area contributed by atoms with Crippen LogP contribution in [-0.2, 0) is 23.8 Å². The molecule has 0 heterocycles. The molecular weight excluding hydrogens is 419 g/mol. The van der Waals surface area contributed by atoms with Gasteiger partial charge in [-0.3, -0.25) is 0 Å². The number of rotatable bonds is 4. The third kappa shape index (κ3) is 4.17. The summed E-state index contributed by atoms with van der Waals surface area (Å²) < 4.78 is 5.30. The van der Waals surface area contributed by atoms with E-state index in [4.69, 9.17) is 0 Å². The van der Waals surface area contributed by atoms with E-state index in [-0.39, 0.29) is 24.8 Å². The van der Waals surface area contributed by atoms with E-state index >= 15 is 0 Å². The van der Waals surface area contributed by atoms with Gasteiger partial charge in [0, 0.05) is 0 Å². The normalized spacial score (nSPS) is 12.9. The minimum absolute atomic E-state index is 0. The van der Waals surface area contributed by atoms with Gasteiger partial charge in [-0.25, -0.2) is 0 Å². The van der Waals surface area contributed by atoms with Crippen LogP contribution in [0.5, 0.6) is 0 Å². The Balaban J connectivity index is 0.00000140. The second kappa shape index (κ2) is 9.72. The largest absolute Gasteiger partial charge is 1.00 e. The zero-order chi connectivity index (χ0) is 18.3. The molecule has 0 nitrogen and oxygen atoms in total. The van der Waals surface area contributed by atoms with Gasteiger partial charge in [0.1, 0.15) is 0 Å². The number of benzene rings is 2. The maximum Gasteiger partial charge on any atom is -1.00 e. The Morgan fingerprint density at radius 1 is 0.929 bits per heavy atom. The van der Waals surface area contributed by atoms with Crippen molar-refractivity contribution < 1.29 is 42.2 Å². The predicted molar refractivity (Wildman–Crippen MR) is 111 cm³/mol. The van der Waals surface area contributed by atoms with Gasteiger partial charge in [-0.15, -0.1) is 0 Å². The molecule has 0 amide bonds. The van der Waals surface area contributed by atoms with Crippen LogP contribution in [0.4, 0.5) is 0 Å². The maximum atomic E-state index is 2.54. The Morgan fingerprint density at radius 3 is 2.29 bits per heavy atom. The molecule has 4 rings (SSSR count). The summed E-state index contributed by atoms with van der Waals surface area (Å²) in [5, 5.41) is 0. The van der Waals surface area contributed by atoms with Crippen molar-refractivity contribution in [2.45, 2.75) is 53.4 Å². The van der Waals surface area contributed by atoms with E-state index in [9.17, 15) is 0 Å². The van der Waals surface area contributed by atoms with Crippen LogP contribution >= 0.6 is 0 Å². The zero-order valence-electron chi connectivity index (χ0n) is 17.2. The van der Waals surface area contributed by atoms with E-state index in [0.29, 0.717) is 0 Å². The molecule has 2 aliphatic carbocycles. The van der Waals surface area contributed by atoms with Gasteiger partial charge in [-0.05, 0) is 0 Å². The third-order valence-electron chi connectivity index (χ3n) is 5.89. The first kappa shape index (κ1) is 23.4. The summed E-state index contributed by atoms with van der Waals surface area (Å²) in [6, 6.07) is 12.0. The Labute approximate surface area is 188 Å². The van der Waals surface area contributed by atoms with Crippen LogP contribution < -0.4 is 28.7 Å². The van der Waals surface area contributed by atoms with Crippen molar-refractivity contribution in [1.82, 2.24) is 0 Å². The Hall–Kier alpha value is -0.916. The monoisotopic (exact) mass is 446 g/mol. The minimum atomic E-state index is -1.61. The first-order valence-electron chi connectivity index (χ1n) is 9.94. The molecule has 28 heavy (non-hydrogen) atoms.